The maximum Gasteiger partial charge on any atom is 0.127 e. The van der Waals surface area contributed by atoms with Crippen LogP contribution < -0.4 is 15.2 Å². The van der Waals surface area contributed by atoms with Gasteiger partial charge in [0.1, 0.15) is 11.5 Å². The highest BCUT2D eigenvalue weighted by molar-refractivity contribution is 5.45. The number of fused-ring (bicyclic) bond motifs is 1. The first-order valence-electron chi connectivity index (χ1n) is 7.02. The standard InChI is InChI=1S/C17H19NO2/c18-16(10-12-19-14-6-2-1-3-7-14)15-8-4-5-13-9-11-20-17(13)15/h1-8,16H,9-12,18H2. The van der Waals surface area contributed by atoms with Crippen LogP contribution in [0.3, 0.4) is 0 Å². The lowest BCUT2D eigenvalue weighted by Gasteiger charge is -2.16. The zero-order valence-corrected chi connectivity index (χ0v) is 11.4. The third-order valence-electron chi connectivity index (χ3n) is 3.59. The van der Waals surface area contributed by atoms with E-state index < -0.39 is 0 Å². The maximum atomic E-state index is 6.27. The maximum absolute atomic E-state index is 6.27. The van der Waals surface area contributed by atoms with Gasteiger partial charge < -0.3 is 15.2 Å². The molecule has 0 fully saturated rings. The number of benzene rings is 2. The number of ether oxygens (including phenoxy) is 2. The number of rotatable bonds is 5. The van der Waals surface area contributed by atoms with E-state index in [-0.39, 0.29) is 6.04 Å². The molecule has 0 saturated carbocycles. The lowest BCUT2D eigenvalue weighted by molar-refractivity contribution is 0.295. The van der Waals surface area contributed by atoms with E-state index in [9.17, 15) is 0 Å². The van der Waals surface area contributed by atoms with Crippen LogP contribution in [0, 0.1) is 0 Å². The van der Waals surface area contributed by atoms with Gasteiger partial charge in [-0.2, -0.15) is 0 Å². The van der Waals surface area contributed by atoms with Crippen molar-refractivity contribution >= 4 is 0 Å². The summed E-state index contributed by atoms with van der Waals surface area (Å²) in [4.78, 5) is 0. The van der Waals surface area contributed by atoms with E-state index >= 15 is 0 Å². The van der Waals surface area contributed by atoms with Crippen molar-refractivity contribution in [1.82, 2.24) is 0 Å². The quantitative estimate of drug-likeness (QED) is 0.907. The van der Waals surface area contributed by atoms with Gasteiger partial charge in [0.15, 0.2) is 0 Å². The molecular weight excluding hydrogens is 250 g/mol. The molecule has 3 rings (SSSR count). The highest BCUT2D eigenvalue weighted by Gasteiger charge is 2.19. The fourth-order valence-corrected chi connectivity index (χ4v) is 2.51. The first kappa shape index (κ1) is 13.0. The topological polar surface area (TPSA) is 44.5 Å². The van der Waals surface area contributed by atoms with Crippen LogP contribution in [-0.4, -0.2) is 13.2 Å². The highest BCUT2D eigenvalue weighted by Crippen LogP contribution is 2.33. The average Bonchev–Trinajstić information content (AvgIpc) is 2.96. The average molecular weight is 269 g/mol. The second kappa shape index (κ2) is 5.97. The predicted octanol–water partition coefficient (Wildman–Crippen LogP) is 3.09. The summed E-state index contributed by atoms with van der Waals surface area (Å²) >= 11 is 0. The Bertz CT molecular complexity index is 568. The van der Waals surface area contributed by atoms with E-state index in [0.29, 0.717) is 6.61 Å². The molecule has 2 N–H and O–H groups in total. The largest absolute Gasteiger partial charge is 0.494 e. The molecule has 1 unspecified atom stereocenters. The van der Waals surface area contributed by atoms with E-state index in [2.05, 4.69) is 18.2 Å². The van der Waals surface area contributed by atoms with Crippen LogP contribution in [-0.2, 0) is 6.42 Å². The minimum absolute atomic E-state index is 0.0493. The van der Waals surface area contributed by atoms with Gasteiger partial charge in [-0.05, 0) is 17.7 Å². The molecule has 3 heteroatoms. The van der Waals surface area contributed by atoms with Gasteiger partial charge in [-0.15, -0.1) is 0 Å². The van der Waals surface area contributed by atoms with Gasteiger partial charge in [-0.25, -0.2) is 0 Å². The van der Waals surface area contributed by atoms with Gasteiger partial charge in [0.2, 0.25) is 0 Å². The first-order valence-corrected chi connectivity index (χ1v) is 7.02. The number of para-hydroxylation sites is 2. The Hall–Kier alpha value is -2.00. The van der Waals surface area contributed by atoms with Gasteiger partial charge in [0.25, 0.3) is 0 Å². The minimum atomic E-state index is -0.0493. The van der Waals surface area contributed by atoms with Crippen molar-refractivity contribution in [1.29, 1.82) is 0 Å². The van der Waals surface area contributed by atoms with Crippen molar-refractivity contribution in [2.45, 2.75) is 18.9 Å². The van der Waals surface area contributed by atoms with Gasteiger partial charge >= 0.3 is 0 Å². The van der Waals surface area contributed by atoms with E-state index in [1.807, 2.05) is 30.3 Å². The summed E-state index contributed by atoms with van der Waals surface area (Å²) in [7, 11) is 0. The van der Waals surface area contributed by atoms with Crippen LogP contribution in [0.2, 0.25) is 0 Å². The van der Waals surface area contributed by atoms with E-state index in [0.717, 1.165) is 36.5 Å². The molecule has 1 atom stereocenters. The molecule has 1 aliphatic rings. The smallest absolute Gasteiger partial charge is 0.127 e. The van der Waals surface area contributed by atoms with E-state index in [1.165, 1.54) is 5.56 Å². The highest BCUT2D eigenvalue weighted by atomic mass is 16.5. The Morgan fingerprint density at radius 1 is 1.10 bits per heavy atom. The minimum Gasteiger partial charge on any atom is -0.494 e. The Morgan fingerprint density at radius 3 is 2.80 bits per heavy atom. The SMILES string of the molecule is NC(CCOc1ccccc1)c1cccc2c1OCC2. The van der Waals surface area contributed by atoms with Crippen LogP contribution in [0.25, 0.3) is 0 Å². The molecule has 0 spiro atoms. The van der Waals surface area contributed by atoms with Gasteiger partial charge in [0.05, 0.1) is 13.2 Å². The Morgan fingerprint density at radius 2 is 1.95 bits per heavy atom. The second-order valence-corrected chi connectivity index (χ2v) is 4.99. The number of hydrogen-bond acceptors (Lipinski definition) is 3. The fraction of sp³-hybridized carbons (Fsp3) is 0.294. The normalized spacial score (nSPS) is 14.4. The molecule has 0 bridgehead atoms. The Labute approximate surface area is 119 Å². The molecule has 0 aliphatic carbocycles. The lowest BCUT2D eigenvalue weighted by Crippen LogP contribution is -2.15. The number of nitrogens with two attached hydrogens (primary N) is 1. The van der Waals surface area contributed by atoms with Crippen LogP contribution in [0.1, 0.15) is 23.6 Å². The van der Waals surface area contributed by atoms with Crippen LogP contribution >= 0.6 is 0 Å². The molecule has 3 nitrogen and oxygen atoms in total. The molecule has 2 aromatic rings. The van der Waals surface area contributed by atoms with E-state index in [1.54, 1.807) is 0 Å². The third-order valence-corrected chi connectivity index (χ3v) is 3.59. The summed E-state index contributed by atoms with van der Waals surface area (Å²) in [6, 6.07) is 16.0. The zero-order valence-electron chi connectivity index (χ0n) is 11.4. The zero-order chi connectivity index (χ0) is 13.8. The van der Waals surface area contributed by atoms with Crippen molar-refractivity contribution in [3.8, 4) is 11.5 Å². The summed E-state index contributed by atoms with van der Waals surface area (Å²) in [5.41, 5.74) is 8.63. The monoisotopic (exact) mass is 269 g/mol. The molecule has 0 amide bonds. The number of hydrogen-bond donors (Lipinski definition) is 1. The van der Waals surface area contributed by atoms with Crippen LogP contribution in [0.15, 0.2) is 48.5 Å². The lowest BCUT2D eigenvalue weighted by atomic mass is 10.0. The van der Waals surface area contributed by atoms with Crippen molar-refractivity contribution < 1.29 is 9.47 Å². The summed E-state index contributed by atoms with van der Waals surface area (Å²) in [5.74, 6) is 1.87. The van der Waals surface area contributed by atoms with Crippen molar-refractivity contribution in [3.63, 3.8) is 0 Å². The van der Waals surface area contributed by atoms with E-state index in [4.69, 9.17) is 15.2 Å². The fourth-order valence-electron chi connectivity index (χ4n) is 2.51. The summed E-state index contributed by atoms with van der Waals surface area (Å²) in [6.45, 7) is 1.37. The molecule has 2 aromatic carbocycles. The molecule has 1 heterocycles. The molecule has 0 radical (unpaired) electrons. The van der Waals surface area contributed by atoms with Crippen LogP contribution in [0.5, 0.6) is 11.5 Å². The van der Waals surface area contributed by atoms with Gasteiger partial charge in [-0.3, -0.25) is 0 Å². The Kier molecular flexibility index (Phi) is 3.88. The summed E-state index contributed by atoms with van der Waals surface area (Å²) in [5, 5.41) is 0. The second-order valence-electron chi connectivity index (χ2n) is 4.99. The summed E-state index contributed by atoms with van der Waals surface area (Å²) < 4.78 is 11.4. The molecule has 0 aromatic heterocycles. The molecular formula is C17H19NO2. The summed E-state index contributed by atoms with van der Waals surface area (Å²) in [6.07, 6.45) is 1.76. The molecule has 0 saturated heterocycles. The van der Waals surface area contributed by atoms with Crippen molar-refractivity contribution in [2.24, 2.45) is 5.73 Å². The van der Waals surface area contributed by atoms with Crippen molar-refractivity contribution in [3.05, 3.63) is 59.7 Å². The molecule has 1 aliphatic heterocycles. The van der Waals surface area contributed by atoms with Gasteiger partial charge in [0, 0.05) is 24.4 Å². The predicted molar refractivity (Wildman–Crippen MR) is 79.1 cm³/mol. The molecule has 104 valence electrons. The van der Waals surface area contributed by atoms with Crippen molar-refractivity contribution in [2.75, 3.05) is 13.2 Å². The van der Waals surface area contributed by atoms with Crippen LogP contribution in [0.4, 0.5) is 0 Å². The third kappa shape index (κ3) is 2.78. The van der Waals surface area contributed by atoms with Gasteiger partial charge in [-0.1, -0.05) is 36.4 Å². The Balaban J connectivity index is 1.60. The molecule has 20 heavy (non-hydrogen) atoms. The first-order chi connectivity index (χ1) is 9.84.